The van der Waals surface area contributed by atoms with Crippen LogP contribution in [-0.4, -0.2) is 16.1 Å². The predicted octanol–water partition coefficient (Wildman–Crippen LogP) is 1.19. The molecule has 5 nitrogen and oxygen atoms in total. The smallest absolute Gasteiger partial charge is 0.276 e. The summed E-state index contributed by atoms with van der Waals surface area (Å²) in [6.07, 6.45) is 0.427. The Morgan fingerprint density at radius 2 is 2.29 bits per heavy atom. The molecular formula is C9H12N2O3. The SMILES string of the molecule is CC(N)Cc1ccc(O)cc1[N+](=O)[O-]. The van der Waals surface area contributed by atoms with Crippen molar-refractivity contribution in [3.63, 3.8) is 0 Å². The summed E-state index contributed by atoms with van der Waals surface area (Å²) < 4.78 is 0. The molecule has 14 heavy (non-hydrogen) atoms. The summed E-state index contributed by atoms with van der Waals surface area (Å²) in [4.78, 5) is 10.1. The maximum absolute atomic E-state index is 10.6. The number of nitro benzene ring substituents is 1. The van der Waals surface area contributed by atoms with Crippen molar-refractivity contribution in [2.45, 2.75) is 19.4 Å². The summed E-state index contributed by atoms with van der Waals surface area (Å²) in [6.45, 7) is 1.77. The largest absolute Gasteiger partial charge is 0.508 e. The summed E-state index contributed by atoms with van der Waals surface area (Å²) in [7, 11) is 0. The fourth-order valence-corrected chi connectivity index (χ4v) is 1.24. The lowest BCUT2D eigenvalue weighted by atomic mass is 10.1. The van der Waals surface area contributed by atoms with Crippen molar-refractivity contribution in [3.05, 3.63) is 33.9 Å². The molecule has 0 aliphatic rings. The monoisotopic (exact) mass is 196 g/mol. The van der Waals surface area contributed by atoms with E-state index in [-0.39, 0.29) is 17.5 Å². The van der Waals surface area contributed by atoms with E-state index in [0.717, 1.165) is 6.07 Å². The number of phenolic OH excluding ortho intramolecular Hbond substituents is 1. The first-order chi connectivity index (χ1) is 6.50. The van der Waals surface area contributed by atoms with Crippen molar-refractivity contribution in [1.29, 1.82) is 0 Å². The van der Waals surface area contributed by atoms with E-state index in [1.165, 1.54) is 12.1 Å². The molecular weight excluding hydrogens is 184 g/mol. The van der Waals surface area contributed by atoms with Crippen LogP contribution in [0.1, 0.15) is 12.5 Å². The van der Waals surface area contributed by atoms with Gasteiger partial charge < -0.3 is 10.8 Å². The first-order valence-electron chi connectivity index (χ1n) is 4.22. The number of aromatic hydroxyl groups is 1. The highest BCUT2D eigenvalue weighted by atomic mass is 16.6. The van der Waals surface area contributed by atoms with E-state index in [2.05, 4.69) is 0 Å². The normalized spacial score (nSPS) is 12.4. The van der Waals surface area contributed by atoms with Gasteiger partial charge in [-0.25, -0.2) is 0 Å². The van der Waals surface area contributed by atoms with Crippen molar-refractivity contribution in [2.24, 2.45) is 5.73 Å². The van der Waals surface area contributed by atoms with Crippen LogP contribution in [0.25, 0.3) is 0 Å². The molecule has 0 spiro atoms. The molecule has 5 heteroatoms. The molecule has 3 N–H and O–H groups in total. The molecule has 0 radical (unpaired) electrons. The number of hydrogen-bond donors (Lipinski definition) is 2. The standard InChI is InChI=1S/C9H12N2O3/c1-6(10)4-7-2-3-8(12)5-9(7)11(13)14/h2-3,5-6,12H,4,10H2,1H3. The first kappa shape index (κ1) is 10.5. The zero-order valence-electron chi connectivity index (χ0n) is 7.80. The fourth-order valence-electron chi connectivity index (χ4n) is 1.24. The summed E-state index contributed by atoms with van der Waals surface area (Å²) in [5.74, 6) is -0.106. The van der Waals surface area contributed by atoms with Gasteiger partial charge >= 0.3 is 0 Å². The van der Waals surface area contributed by atoms with Crippen LogP contribution in [0.3, 0.4) is 0 Å². The lowest BCUT2D eigenvalue weighted by Crippen LogP contribution is -2.18. The molecule has 0 heterocycles. The van der Waals surface area contributed by atoms with Crippen molar-refractivity contribution >= 4 is 5.69 Å². The van der Waals surface area contributed by atoms with Crippen molar-refractivity contribution < 1.29 is 10.0 Å². The van der Waals surface area contributed by atoms with Crippen LogP contribution in [0.5, 0.6) is 5.75 Å². The molecule has 0 aromatic heterocycles. The van der Waals surface area contributed by atoms with Gasteiger partial charge in [-0.1, -0.05) is 0 Å². The molecule has 0 bridgehead atoms. The van der Waals surface area contributed by atoms with Gasteiger partial charge in [0.05, 0.1) is 11.0 Å². The number of benzene rings is 1. The molecule has 1 rings (SSSR count). The molecule has 1 aromatic carbocycles. The lowest BCUT2D eigenvalue weighted by Gasteiger charge is -2.05. The fraction of sp³-hybridized carbons (Fsp3) is 0.333. The molecule has 76 valence electrons. The summed E-state index contributed by atoms with van der Waals surface area (Å²) in [5, 5.41) is 19.7. The van der Waals surface area contributed by atoms with Crippen LogP contribution in [0.4, 0.5) is 5.69 Å². The van der Waals surface area contributed by atoms with Gasteiger partial charge in [-0.2, -0.15) is 0 Å². The first-order valence-corrected chi connectivity index (χ1v) is 4.22. The average Bonchev–Trinajstić information content (AvgIpc) is 2.07. The second-order valence-electron chi connectivity index (χ2n) is 3.25. The highest BCUT2D eigenvalue weighted by Crippen LogP contribution is 2.24. The maximum Gasteiger partial charge on any atom is 0.276 e. The Bertz CT molecular complexity index is 350. The third-order valence-corrected chi connectivity index (χ3v) is 1.81. The highest BCUT2D eigenvalue weighted by Gasteiger charge is 2.15. The Balaban J connectivity index is 3.08. The summed E-state index contributed by atoms with van der Waals surface area (Å²) in [6, 6.07) is 3.94. The Kier molecular flexibility index (Phi) is 3.03. The van der Waals surface area contributed by atoms with Gasteiger partial charge in [0.15, 0.2) is 0 Å². The van der Waals surface area contributed by atoms with E-state index in [1.807, 2.05) is 0 Å². The minimum Gasteiger partial charge on any atom is -0.508 e. The molecule has 0 fully saturated rings. The van der Waals surface area contributed by atoms with Crippen LogP contribution in [0.15, 0.2) is 18.2 Å². The molecule has 0 aliphatic carbocycles. The van der Waals surface area contributed by atoms with E-state index in [9.17, 15) is 10.1 Å². The number of rotatable bonds is 3. The van der Waals surface area contributed by atoms with Gasteiger partial charge in [0.25, 0.3) is 5.69 Å². The van der Waals surface area contributed by atoms with Gasteiger partial charge in [0, 0.05) is 11.6 Å². The second kappa shape index (κ2) is 4.06. The summed E-state index contributed by atoms with van der Waals surface area (Å²) >= 11 is 0. The van der Waals surface area contributed by atoms with Gasteiger partial charge in [0.1, 0.15) is 5.75 Å². The van der Waals surface area contributed by atoms with E-state index in [4.69, 9.17) is 10.8 Å². The van der Waals surface area contributed by atoms with E-state index in [0.29, 0.717) is 12.0 Å². The van der Waals surface area contributed by atoms with E-state index >= 15 is 0 Å². The average molecular weight is 196 g/mol. The predicted molar refractivity (Wildman–Crippen MR) is 52.1 cm³/mol. The summed E-state index contributed by atoms with van der Waals surface area (Å²) in [5.41, 5.74) is 6.01. The van der Waals surface area contributed by atoms with Gasteiger partial charge in [-0.05, 0) is 25.5 Å². The van der Waals surface area contributed by atoms with Crippen LogP contribution in [-0.2, 0) is 6.42 Å². The van der Waals surface area contributed by atoms with Gasteiger partial charge in [-0.15, -0.1) is 0 Å². The Morgan fingerprint density at radius 3 is 2.79 bits per heavy atom. The lowest BCUT2D eigenvalue weighted by molar-refractivity contribution is -0.385. The Morgan fingerprint density at radius 1 is 1.64 bits per heavy atom. The minimum absolute atomic E-state index is 0.0812. The van der Waals surface area contributed by atoms with Crippen molar-refractivity contribution in [1.82, 2.24) is 0 Å². The van der Waals surface area contributed by atoms with Crippen molar-refractivity contribution in [2.75, 3.05) is 0 Å². The zero-order valence-corrected chi connectivity index (χ0v) is 7.80. The second-order valence-corrected chi connectivity index (χ2v) is 3.25. The number of hydrogen-bond acceptors (Lipinski definition) is 4. The van der Waals surface area contributed by atoms with Crippen LogP contribution >= 0.6 is 0 Å². The van der Waals surface area contributed by atoms with Gasteiger partial charge in [-0.3, -0.25) is 10.1 Å². The molecule has 1 atom stereocenters. The molecule has 0 saturated carbocycles. The van der Waals surface area contributed by atoms with E-state index < -0.39 is 4.92 Å². The van der Waals surface area contributed by atoms with Crippen LogP contribution in [0.2, 0.25) is 0 Å². The molecule has 0 aliphatic heterocycles. The number of nitrogens with zero attached hydrogens (tertiary/aromatic N) is 1. The quantitative estimate of drug-likeness (QED) is 0.561. The molecule has 1 aromatic rings. The van der Waals surface area contributed by atoms with Gasteiger partial charge in [0.2, 0.25) is 0 Å². The Hall–Kier alpha value is -1.62. The van der Waals surface area contributed by atoms with Crippen molar-refractivity contribution in [3.8, 4) is 5.75 Å². The molecule has 1 unspecified atom stereocenters. The van der Waals surface area contributed by atoms with Crippen LogP contribution in [0, 0.1) is 10.1 Å². The minimum atomic E-state index is -0.516. The number of nitrogens with two attached hydrogens (primary N) is 1. The number of nitro groups is 1. The van der Waals surface area contributed by atoms with E-state index in [1.54, 1.807) is 6.92 Å². The zero-order chi connectivity index (χ0) is 10.7. The Labute approximate surface area is 81.3 Å². The molecule has 0 amide bonds. The number of phenols is 1. The maximum atomic E-state index is 10.6. The highest BCUT2D eigenvalue weighted by molar-refractivity contribution is 5.45. The molecule has 0 saturated heterocycles. The van der Waals surface area contributed by atoms with Crippen LogP contribution < -0.4 is 5.73 Å². The third-order valence-electron chi connectivity index (χ3n) is 1.81. The topological polar surface area (TPSA) is 89.4 Å². The third kappa shape index (κ3) is 2.43.